The van der Waals surface area contributed by atoms with Crippen molar-refractivity contribution in [3.63, 3.8) is 0 Å². The molecule has 2 aliphatic carbocycles. The molecule has 90 valence electrons. The number of rotatable bonds is 3. The molecule has 0 unspecified atom stereocenters. The van der Waals surface area contributed by atoms with Gasteiger partial charge >= 0.3 is 0 Å². The van der Waals surface area contributed by atoms with Crippen molar-refractivity contribution in [2.75, 3.05) is 13.1 Å². The summed E-state index contributed by atoms with van der Waals surface area (Å²) in [6, 6.07) is 0. The molecule has 3 rings (SSSR count). The number of carbonyl (C=O) groups is 1. The van der Waals surface area contributed by atoms with Crippen LogP contribution in [-0.2, 0) is 4.79 Å². The molecule has 0 aromatic heterocycles. The van der Waals surface area contributed by atoms with Crippen molar-refractivity contribution in [1.82, 2.24) is 4.90 Å². The number of Topliss-reactive ketones (excluding diaryl/α,β-unsaturated/α-hetero) is 1. The predicted molar refractivity (Wildman–Crippen MR) is 64.4 cm³/mol. The fourth-order valence-electron chi connectivity index (χ4n) is 3.73. The lowest BCUT2D eigenvalue weighted by molar-refractivity contribution is -0.133. The molecule has 3 fully saturated rings. The Morgan fingerprint density at radius 1 is 0.938 bits per heavy atom. The van der Waals surface area contributed by atoms with Gasteiger partial charge in [-0.05, 0) is 51.6 Å². The summed E-state index contributed by atoms with van der Waals surface area (Å²) in [5.41, 5.74) is 0.00157. The van der Waals surface area contributed by atoms with Crippen molar-refractivity contribution in [2.24, 2.45) is 5.92 Å². The van der Waals surface area contributed by atoms with Crippen LogP contribution in [0.5, 0.6) is 0 Å². The van der Waals surface area contributed by atoms with Crippen LogP contribution in [0.15, 0.2) is 0 Å². The lowest BCUT2D eigenvalue weighted by atomic mass is 9.85. The summed E-state index contributed by atoms with van der Waals surface area (Å²) in [5, 5.41) is 0. The molecule has 1 saturated heterocycles. The van der Waals surface area contributed by atoms with Crippen molar-refractivity contribution >= 4 is 5.78 Å². The van der Waals surface area contributed by atoms with Crippen molar-refractivity contribution in [3.05, 3.63) is 0 Å². The first-order chi connectivity index (χ1) is 7.83. The largest absolute Gasteiger partial charge is 0.297 e. The van der Waals surface area contributed by atoms with Crippen LogP contribution in [0.2, 0.25) is 0 Å². The van der Waals surface area contributed by atoms with E-state index in [1.54, 1.807) is 0 Å². The maximum atomic E-state index is 12.6. The Balaban J connectivity index is 1.80. The van der Waals surface area contributed by atoms with Gasteiger partial charge < -0.3 is 0 Å². The number of hydrogen-bond donors (Lipinski definition) is 0. The van der Waals surface area contributed by atoms with E-state index in [4.69, 9.17) is 0 Å². The van der Waals surface area contributed by atoms with E-state index in [9.17, 15) is 4.79 Å². The fourth-order valence-corrected chi connectivity index (χ4v) is 3.73. The molecule has 0 N–H and O–H groups in total. The maximum Gasteiger partial charge on any atom is 0.156 e. The average Bonchev–Trinajstić information content (AvgIpc) is 3.07. The molecular weight excluding hydrogens is 198 g/mol. The molecular formula is C14H23NO. The summed E-state index contributed by atoms with van der Waals surface area (Å²) in [5.74, 6) is 1.06. The molecule has 0 radical (unpaired) electrons. The van der Waals surface area contributed by atoms with Gasteiger partial charge in [0, 0.05) is 5.92 Å². The van der Waals surface area contributed by atoms with Gasteiger partial charge in [0.1, 0.15) is 0 Å². The number of ketones is 1. The summed E-state index contributed by atoms with van der Waals surface area (Å²) >= 11 is 0. The van der Waals surface area contributed by atoms with E-state index in [-0.39, 0.29) is 5.54 Å². The molecule has 0 spiro atoms. The second-order valence-corrected chi connectivity index (χ2v) is 5.92. The van der Waals surface area contributed by atoms with Crippen LogP contribution in [0.4, 0.5) is 0 Å². The normalized spacial score (nSPS) is 30.5. The smallest absolute Gasteiger partial charge is 0.156 e. The molecule has 16 heavy (non-hydrogen) atoms. The molecule has 3 aliphatic rings. The van der Waals surface area contributed by atoms with E-state index >= 15 is 0 Å². The van der Waals surface area contributed by atoms with Gasteiger partial charge in [0.05, 0.1) is 5.54 Å². The number of carbonyl (C=O) groups excluding carboxylic acids is 1. The topological polar surface area (TPSA) is 20.3 Å². The van der Waals surface area contributed by atoms with Crippen LogP contribution in [-0.4, -0.2) is 29.3 Å². The molecule has 0 bridgehead atoms. The highest BCUT2D eigenvalue weighted by Crippen LogP contribution is 2.44. The zero-order valence-electron chi connectivity index (χ0n) is 10.2. The molecule has 0 aromatic rings. The highest BCUT2D eigenvalue weighted by molar-refractivity contribution is 5.92. The van der Waals surface area contributed by atoms with Crippen LogP contribution >= 0.6 is 0 Å². The minimum atomic E-state index is 0.00157. The van der Waals surface area contributed by atoms with Gasteiger partial charge in [0.15, 0.2) is 5.78 Å². The molecule has 1 heterocycles. The van der Waals surface area contributed by atoms with Crippen LogP contribution in [0, 0.1) is 5.92 Å². The minimum Gasteiger partial charge on any atom is -0.297 e. The first kappa shape index (κ1) is 10.8. The third-order valence-electron chi connectivity index (χ3n) is 4.80. The van der Waals surface area contributed by atoms with E-state index in [1.807, 2.05) is 0 Å². The standard InChI is InChI=1S/C14H23NO/c16-13(12-6-7-12)14(8-2-3-9-14)15-10-4-1-5-11-15/h12H,1-11H2. The predicted octanol–water partition coefficient (Wildman–Crippen LogP) is 2.76. The number of hydrogen-bond acceptors (Lipinski definition) is 2. The van der Waals surface area contributed by atoms with Gasteiger partial charge in [-0.3, -0.25) is 9.69 Å². The van der Waals surface area contributed by atoms with Crippen LogP contribution in [0.25, 0.3) is 0 Å². The molecule has 2 saturated carbocycles. The second-order valence-electron chi connectivity index (χ2n) is 5.92. The van der Waals surface area contributed by atoms with Gasteiger partial charge in [0.2, 0.25) is 0 Å². The highest BCUT2D eigenvalue weighted by Gasteiger charge is 2.50. The number of likely N-dealkylation sites (tertiary alicyclic amines) is 1. The Kier molecular flexibility index (Phi) is 2.78. The molecule has 1 aliphatic heterocycles. The van der Waals surface area contributed by atoms with Crippen molar-refractivity contribution in [1.29, 1.82) is 0 Å². The average molecular weight is 221 g/mol. The monoisotopic (exact) mass is 221 g/mol. The van der Waals surface area contributed by atoms with Crippen molar-refractivity contribution in [2.45, 2.75) is 63.3 Å². The van der Waals surface area contributed by atoms with Gasteiger partial charge in [-0.15, -0.1) is 0 Å². The van der Waals surface area contributed by atoms with Gasteiger partial charge in [-0.2, -0.15) is 0 Å². The second kappa shape index (κ2) is 4.14. The Morgan fingerprint density at radius 3 is 2.12 bits per heavy atom. The molecule has 0 atom stereocenters. The van der Waals surface area contributed by atoms with Crippen molar-refractivity contribution in [3.8, 4) is 0 Å². The van der Waals surface area contributed by atoms with E-state index in [2.05, 4.69) is 4.90 Å². The van der Waals surface area contributed by atoms with E-state index in [0.29, 0.717) is 11.7 Å². The van der Waals surface area contributed by atoms with E-state index in [0.717, 1.165) is 12.8 Å². The Bertz CT molecular complexity index is 270. The maximum absolute atomic E-state index is 12.6. The lowest BCUT2D eigenvalue weighted by Gasteiger charge is -2.42. The number of nitrogens with zero attached hydrogens (tertiary/aromatic N) is 1. The van der Waals surface area contributed by atoms with Gasteiger partial charge in [0.25, 0.3) is 0 Å². The van der Waals surface area contributed by atoms with Crippen molar-refractivity contribution < 1.29 is 4.79 Å². The first-order valence-corrected chi connectivity index (χ1v) is 7.12. The third kappa shape index (κ3) is 1.71. The molecule has 0 aromatic carbocycles. The first-order valence-electron chi connectivity index (χ1n) is 7.12. The van der Waals surface area contributed by atoms with Gasteiger partial charge in [-0.1, -0.05) is 19.3 Å². The van der Waals surface area contributed by atoms with Crippen LogP contribution in [0.3, 0.4) is 0 Å². The summed E-state index contributed by atoms with van der Waals surface area (Å²) in [6.45, 7) is 2.36. The summed E-state index contributed by atoms with van der Waals surface area (Å²) in [7, 11) is 0. The molecule has 2 heteroatoms. The number of piperidine rings is 1. The Morgan fingerprint density at radius 2 is 1.56 bits per heavy atom. The zero-order valence-corrected chi connectivity index (χ0v) is 10.2. The quantitative estimate of drug-likeness (QED) is 0.730. The SMILES string of the molecule is O=C(C1CC1)C1(N2CCCCC2)CCCC1. The minimum absolute atomic E-state index is 0.00157. The summed E-state index contributed by atoms with van der Waals surface area (Å²) in [6.07, 6.45) is 11.2. The van der Waals surface area contributed by atoms with E-state index in [1.165, 1.54) is 58.0 Å². The Hall–Kier alpha value is -0.370. The highest BCUT2D eigenvalue weighted by atomic mass is 16.1. The Labute approximate surface area is 98.4 Å². The van der Waals surface area contributed by atoms with Gasteiger partial charge in [-0.25, -0.2) is 0 Å². The summed E-state index contributed by atoms with van der Waals surface area (Å²) in [4.78, 5) is 15.1. The fraction of sp³-hybridized carbons (Fsp3) is 0.929. The molecule has 2 nitrogen and oxygen atoms in total. The van der Waals surface area contributed by atoms with Crippen LogP contribution in [0.1, 0.15) is 57.8 Å². The van der Waals surface area contributed by atoms with Crippen LogP contribution < -0.4 is 0 Å². The molecule has 0 amide bonds. The third-order valence-corrected chi connectivity index (χ3v) is 4.80. The van der Waals surface area contributed by atoms with E-state index < -0.39 is 0 Å². The lowest BCUT2D eigenvalue weighted by Crippen LogP contribution is -2.55. The zero-order chi connectivity index (χ0) is 11.0. The summed E-state index contributed by atoms with van der Waals surface area (Å²) < 4.78 is 0.